The topological polar surface area (TPSA) is 18.5 Å². The Morgan fingerprint density at radius 1 is 0.737 bits per heavy atom. The van der Waals surface area contributed by atoms with Gasteiger partial charge < -0.3 is 0 Å². The van der Waals surface area contributed by atoms with E-state index in [1.54, 1.807) is 0 Å². The van der Waals surface area contributed by atoms with Crippen molar-refractivity contribution in [3.8, 4) is 11.5 Å². The molecule has 0 aliphatic heterocycles. The molecule has 0 aliphatic rings. The molecule has 2 aromatic rings. The Hall–Kier alpha value is -0.117. The molecule has 0 aliphatic carbocycles. The third-order valence-electron chi connectivity index (χ3n) is 2.64. The molecule has 0 aromatic heterocycles. The van der Waals surface area contributed by atoms with Crippen LogP contribution in [0.5, 0.6) is 11.5 Å². The van der Waals surface area contributed by atoms with Crippen LogP contribution in [0.15, 0.2) is 48.5 Å². The van der Waals surface area contributed by atoms with Crippen LogP contribution in [-0.4, -0.2) is 0 Å². The minimum absolute atomic E-state index is 0.848. The van der Waals surface area contributed by atoms with Crippen LogP contribution in [0.4, 0.5) is 0 Å². The fourth-order valence-corrected chi connectivity index (χ4v) is 8.23. The molecule has 0 spiro atoms. The van der Waals surface area contributed by atoms with Crippen molar-refractivity contribution in [3.63, 3.8) is 0 Å². The Bertz CT molecular complexity index is 523. The van der Waals surface area contributed by atoms with Gasteiger partial charge in [0.1, 0.15) is 0 Å². The normalized spacial score (nSPS) is 11.2. The van der Waals surface area contributed by atoms with Crippen molar-refractivity contribution < 1.29 is 22.1 Å². The molecule has 0 fully saturated rings. The van der Waals surface area contributed by atoms with E-state index in [9.17, 15) is 0 Å². The molecule has 0 radical (unpaired) electrons. The molecule has 2 rings (SSSR count). The van der Waals surface area contributed by atoms with Gasteiger partial charge in [0, 0.05) is 0 Å². The number of benzene rings is 2. The van der Waals surface area contributed by atoms with Gasteiger partial charge in [-0.2, -0.15) is 0 Å². The zero-order chi connectivity index (χ0) is 13.9. The van der Waals surface area contributed by atoms with Crippen molar-refractivity contribution in [1.82, 2.24) is 0 Å². The van der Waals surface area contributed by atoms with Gasteiger partial charge in [0.25, 0.3) is 0 Å². The summed E-state index contributed by atoms with van der Waals surface area (Å²) >= 11 is 3.80. The second-order valence-corrected chi connectivity index (χ2v) is 26.1. The first-order valence-corrected chi connectivity index (χ1v) is 19.1. The van der Waals surface area contributed by atoms with Gasteiger partial charge in [-0.05, 0) is 0 Å². The first-order chi connectivity index (χ1) is 8.98. The predicted molar refractivity (Wildman–Crippen MR) is 81.5 cm³/mol. The Balaban J connectivity index is 2.15. The molecule has 0 saturated heterocycles. The van der Waals surface area contributed by atoms with E-state index in [0.29, 0.717) is 0 Å². The van der Waals surface area contributed by atoms with Crippen LogP contribution < -0.4 is 5.63 Å². The standard InChI is InChI=1S/2C7H8O.2BrH.Zr/c2*1-6-4-2-3-5-7(6)8;;;/h2*2-5,8H,1H3;2*1H;/q;;;;+4/p-4. The van der Waals surface area contributed by atoms with E-state index in [-0.39, 0.29) is 0 Å². The van der Waals surface area contributed by atoms with E-state index in [4.69, 9.17) is 5.63 Å². The van der Waals surface area contributed by atoms with Crippen molar-refractivity contribution >= 4 is 24.4 Å². The van der Waals surface area contributed by atoms with Gasteiger partial charge in [0.15, 0.2) is 0 Å². The van der Waals surface area contributed by atoms with Crippen molar-refractivity contribution in [2.45, 2.75) is 13.8 Å². The van der Waals surface area contributed by atoms with Crippen molar-refractivity contribution in [2.75, 3.05) is 0 Å². The molecule has 0 heterocycles. The average molecular weight is 465 g/mol. The van der Waals surface area contributed by atoms with E-state index in [2.05, 4.69) is 24.4 Å². The third kappa shape index (κ3) is 4.44. The average Bonchev–Trinajstić information content (AvgIpc) is 2.35. The van der Waals surface area contributed by atoms with Gasteiger partial charge in [-0.1, -0.05) is 0 Å². The molecule has 2 nitrogen and oxygen atoms in total. The fraction of sp³-hybridized carbons (Fsp3) is 0.143. The SMILES string of the molecule is Cc1ccccc1[O][Zr]([Br])([Br])[O]c1ccccc1C. The first-order valence-electron chi connectivity index (χ1n) is 5.85. The van der Waals surface area contributed by atoms with Crippen molar-refractivity contribution in [2.24, 2.45) is 0 Å². The van der Waals surface area contributed by atoms with Crippen LogP contribution in [0.25, 0.3) is 0 Å². The van der Waals surface area contributed by atoms with E-state index >= 15 is 0 Å². The quantitative estimate of drug-likeness (QED) is 0.605. The number of rotatable bonds is 4. The van der Waals surface area contributed by atoms with Gasteiger partial charge in [0.05, 0.1) is 0 Å². The fourth-order valence-electron chi connectivity index (χ4n) is 1.62. The first kappa shape index (κ1) is 15.3. The summed E-state index contributed by atoms with van der Waals surface area (Å²) in [5.74, 6) is 1.70. The Kier molecular flexibility index (Phi) is 5.27. The van der Waals surface area contributed by atoms with Gasteiger partial charge >= 0.3 is 132 Å². The van der Waals surface area contributed by atoms with Gasteiger partial charge in [-0.15, -0.1) is 0 Å². The zero-order valence-corrected chi connectivity index (χ0v) is 16.3. The summed E-state index contributed by atoms with van der Waals surface area (Å²) in [5, 5.41) is 0. The molecule has 0 bridgehead atoms. The van der Waals surface area contributed by atoms with Crippen molar-refractivity contribution in [3.05, 3.63) is 59.7 Å². The Morgan fingerprint density at radius 3 is 1.47 bits per heavy atom. The molecule has 0 unspecified atom stereocenters. The van der Waals surface area contributed by atoms with Crippen LogP contribution in [0.3, 0.4) is 0 Å². The zero-order valence-electron chi connectivity index (χ0n) is 10.7. The van der Waals surface area contributed by atoms with Gasteiger partial charge in [-0.3, -0.25) is 0 Å². The van der Waals surface area contributed by atoms with Crippen LogP contribution in [0, 0.1) is 13.8 Å². The number of hydrogen-bond donors (Lipinski definition) is 0. The van der Waals surface area contributed by atoms with E-state index in [1.807, 2.05) is 62.4 Å². The molecular formula is C14H14Br2O2Zr. The third-order valence-corrected chi connectivity index (χ3v) is 8.72. The number of halogens is 2. The van der Waals surface area contributed by atoms with E-state index < -0.39 is 16.4 Å². The summed E-state index contributed by atoms with van der Waals surface area (Å²) in [5.41, 5.74) is 2.19. The molecule has 0 saturated carbocycles. The molecule has 5 heteroatoms. The van der Waals surface area contributed by atoms with E-state index in [1.165, 1.54) is 0 Å². The summed E-state index contributed by atoms with van der Waals surface area (Å²) < 4.78 is 12.0. The Morgan fingerprint density at radius 2 is 1.11 bits per heavy atom. The summed E-state index contributed by atoms with van der Waals surface area (Å²) in [4.78, 5) is 0. The monoisotopic (exact) mass is 462 g/mol. The minimum atomic E-state index is -3.41. The summed E-state index contributed by atoms with van der Waals surface area (Å²) in [7, 11) is 0. The molecule has 100 valence electrons. The summed E-state index contributed by atoms with van der Waals surface area (Å²) in [6, 6.07) is 15.8. The maximum absolute atomic E-state index is 6.01. The number of para-hydroxylation sites is 2. The molecule has 2 aromatic carbocycles. The van der Waals surface area contributed by atoms with Gasteiger partial charge in [0.2, 0.25) is 0 Å². The molecule has 0 amide bonds. The number of aryl methyl sites for hydroxylation is 2. The summed E-state index contributed by atoms with van der Waals surface area (Å²) in [6.45, 7) is 4.04. The second-order valence-electron chi connectivity index (χ2n) is 4.20. The second kappa shape index (κ2) is 6.56. The predicted octanol–water partition coefficient (Wildman–Crippen LogP) is 5.36. The van der Waals surface area contributed by atoms with Crippen LogP contribution in [0.1, 0.15) is 11.1 Å². The molecule has 0 N–H and O–H groups in total. The van der Waals surface area contributed by atoms with Crippen LogP contribution in [0.2, 0.25) is 0 Å². The molecule has 19 heavy (non-hydrogen) atoms. The number of hydrogen-bond acceptors (Lipinski definition) is 2. The van der Waals surface area contributed by atoms with Gasteiger partial charge in [-0.25, -0.2) is 0 Å². The Labute approximate surface area is 130 Å². The van der Waals surface area contributed by atoms with Crippen LogP contribution in [-0.2, 0) is 16.4 Å². The van der Waals surface area contributed by atoms with E-state index in [0.717, 1.165) is 22.6 Å². The van der Waals surface area contributed by atoms with Crippen molar-refractivity contribution in [1.29, 1.82) is 0 Å². The maximum atomic E-state index is 6.01. The molecule has 0 atom stereocenters. The van der Waals surface area contributed by atoms with Crippen LogP contribution >= 0.6 is 24.4 Å². The summed E-state index contributed by atoms with van der Waals surface area (Å²) in [6.07, 6.45) is 0. The molecular weight excluding hydrogens is 451 g/mol.